The summed E-state index contributed by atoms with van der Waals surface area (Å²) in [4.78, 5) is 16.6. The van der Waals surface area contributed by atoms with Crippen molar-refractivity contribution in [2.45, 2.75) is 12.6 Å². The smallest absolute Gasteiger partial charge is 0.256 e. The van der Waals surface area contributed by atoms with Gasteiger partial charge in [0.15, 0.2) is 6.10 Å². The SMILES string of the molecule is COc1ccc([C@@H](O)C(=O)N2CCN(Cc3ccc(Cl)cc3)CC2)cc1. The van der Waals surface area contributed by atoms with Gasteiger partial charge in [-0.2, -0.15) is 0 Å². The van der Waals surface area contributed by atoms with E-state index in [1.807, 2.05) is 24.3 Å². The van der Waals surface area contributed by atoms with Crippen LogP contribution in [-0.4, -0.2) is 54.1 Å². The number of carbonyl (C=O) groups is 1. The summed E-state index contributed by atoms with van der Waals surface area (Å²) in [5, 5.41) is 11.1. The highest BCUT2D eigenvalue weighted by atomic mass is 35.5. The number of aliphatic hydroxyl groups excluding tert-OH is 1. The molecule has 138 valence electrons. The zero-order valence-corrected chi connectivity index (χ0v) is 15.5. The largest absolute Gasteiger partial charge is 0.497 e. The number of halogens is 1. The molecule has 0 saturated carbocycles. The molecular weight excluding hydrogens is 352 g/mol. The predicted molar refractivity (Wildman–Crippen MR) is 101 cm³/mol. The molecule has 5 nitrogen and oxygen atoms in total. The number of hydrogen-bond acceptors (Lipinski definition) is 4. The van der Waals surface area contributed by atoms with E-state index in [0.29, 0.717) is 24.4 Å². The van der Waals surface area contributed by atoms with Crippen LogP contribution in [0.3, 0.4) is 0 Å². The fourth-order valence-electron chi connectivity index (χ4n) is 3.08. The summed E-state index contributed by atoms with van der Waals surface area (Å²) in [5.74, 6) is 0.450. The predicted octanol–water partition coefficient (Wildman–Crippen LogP) is 2.73. The maximum atomic E-state index is 12.6. The van der Waals surface area contributed by atoms with Crippen molar-refractivity contribution in [3.8, 4) is 5.75 Å². The summed E-state index contributed by atoms with van der Waals surface area (Å²) < 4.78 is 5.10. The second kappa shape index (κ2) is 8.54. The van der Waals surface area contributed by atoms with E-state index in [2.05, 4.69) is 4.90 Å². The van der Waals surface area contributed by atoms with Gasteiger partial charge in [-0.1, -0.05) is 35.9 Å². The Balaban J connectivity index is 1.53. The number of amides is 1. The summed E-state index contributed by atoms with van der Waals surface area (Å²) in [7, 11) is 1.58. The topological polar surface area (TPSA) is 53.0 Å². The van der Waals surface area contributed by atoms with Crippen molar-refractivity contribution in [3.63, 3.8) is 0 Å². The van der Waals surface area contributed by atoms with Crippen molar-refractivity contribution in [3.05, 3.63) is 64.7 Å². The monoisotopic (exact) mass is 374 g/mol. The summed E-state index contributed by atoms with van der Waals surface area (Å²) in [5.41, 5.74) is 1.78. The van der Waals surface area contributed by atoms with Gasteiger partial charge in [0, 0.05) is 37.7 Å². The van der Waals surface area contributed by atoms with Gasteiger partial charge in [0.25, 0.3) is 5.91 Å². The molecule has 1 fully saturated rings. The van der Waals surface area contributed by atoms with Crippen LogP contribution in [0.2, 0.25) is 5.02 Å². The van der Waals surface area contributed by atoms with Crippen molar-refractivity contribution >= 4 is 17.5 Å². The molecule has 1 aliphatic heterocycles. The van der Waals surface area contributed by atoms with Crippen LogP contribution >= 0.6 is 11.6 Å². The molecule has 1 saturated heterocycles. The van der Waals surface area contributed by atoms with E-state index in [9.17, 15) is 9.90 Å². The molecule has 1 aliphatic rings. The zero-order chi connectivity index (χ0) is 18.5. The molecule has 1 heterocycles. The lowest BCUT2D eigenvalue weighted by molar-refractivity contribution is -0.142. The summed E-state index contributed by atoms with van der Waals surface area (Å²) in [6, 6.07) is 14.8. The number of methoxy groups -OCH3 is 1. The first-order valence-corrected chi connectivity index (χ1v) is 9.02. The number of hydrogen-bond donors (Lipinski definition) is 1. The number of rotatable bonds is 5. The molecule has 2 aromatic carbocycles. The summed E-state index contributed by atoms with van der Waals surface area (Å²) in [6.07, 6.45) is -1.14. The third-order valence-electron chi connectivity index (χ3n) is 4.67. The molecule has 0 aliphatic carbocycles. The number of carbonyl (C=O) groups excluding carboxylic acids is 1. The number of benzene rings is 2. The van der Waals surface area contributed by atoms with Gasteiger partial charge in [-0.3, -0.25) is 9.69 Å². The van der Waals surface area contributed by atoms with Gasteiger partial charge < -0.3 is 14.7 Å². The van der Waals surface area contributed by atoms with Crippen LogP contribution in [0, 0.1) is 0 Å². The number of ether oxygens (including phenoxy) is 1. The lowest BCUT2D eigenvalue weighted by Crippen LogP contribution is -2.49. The molecule has 0 bridgehead atoms. The zero-order valence-electron chi connectivity index (χ0n) is 14.8. The summed E-state index contributed by atoms with van der Waals surface area (Å²) >= 11 is 5.92. The van der Waals surface area contributed by atoms with Gasteiger partial charge in [-0.05, 0) is 35.4 Å². The second-order valence-electron chi connectivity index (χ2n) is 6.40. The van der Waals surface area contributed by atoms with Crippen molar-refractivity contribution in [1.82, 2.24) is 9.80 Å². The van der Waals surface area contributed by atoms with E-state index in [-0.39, 0.29) is 5.91 Å². The van der Waals surface area contributed by atoms with Crippen molar-refractivity contribution in [2.75, 3.05) is 33.3 Å². The molecule has 1 atom stereocenters. The average molecular weight is 375 g/mol. The Hall–Kier alpha value is -2.08. The molecule has 0 aromatic heterocycles. The lowest BCUT2D eigenvalue weighted by atomic mass is 10.1. The first kappa shape index (κ1) is 18.7. The van der Waals surface area contributed by atoms with Crippen LogP contribution < -0.4 is 4.74 Å². The first-order valence-electron chi connectivity index (χ1n) is 8.64. The van der Waals surface area contributed by atoms with E-state index < -0.39 is 6.10 Å². The van der Waals surface area contributed by atoms with Gasteiger partial charge in [0.05, 0.1) is 7.11 Å². The molecule has 3 rings (SSSR count). The van der Waals surface area contributed by atoms with Crippen LogP contribution in [0.25, 0.3) is 0 Å². The first-order chi connectivity index (χ1) is 12.6. The van der Waals surface area contributed by atoms with E-state index in [4.69, 9.17) is 16.3 Å². The third kappa shape index (κ3) is 4.55. The molecule has 1 N–H and O–H groups in total. The van der Waals surface area contributed by atoms with Crippen molar-refractivity contribution in [1.29, 1.82) is 0 Å². The van der Waals surface area contributed by atoms with E-state index in [0.717, 1.165) is 24.7 Å². The number of nitrogens with zero attached hydrogens (tertiary/aromatic N) is 2. The quantitative estimate of drug-likeness (QED) is 0.874. The fraction of sp³-hybridized carbons (Fsp3) is 0.350. The Kier molecular flexibility index (Phi) is 6.14. The molecule has 0 radical (unpaired) electrons. The molecule has 1 amide bonds. The molecule has 6 heteroatoms. The van der Waals surface area contributed by atoms with Gasteiger partial charge in [0.1, 0.15) is 5.75 Å². The average Bonchev–Trinajstić information content (AvgIpc) is 2.69. The van der Waals surface area contributed by atoms with Crippen molar-refractivity contribution < 1.29 is 14.6 Å². The number of piperazine rings is 1. The maximum absolute atomic E-state index is 12.6. The molecule has 2 aromatic rings. The highest BCUT2D eigenvalue weighted by molar-refractivity contribution is 6.30. The van der Waals surface area contributed by atoms with Gasteiger partial charge in [-0.25, -0.2) is 0 Å². The molecule has 0 spiro atoms. The van der Waals surface area contributed by atoms with E-state index in [1.54, 1.807) is 36.3 Å². The van der Waals surface area contributed by atoms with Gasteiger partial charge in [0.2, 0.25) is 0 Å². The van der Waals surface area contributed by atoms with Crippen LogP contribution in [0.4, 0.5) is 0 Å². The molecule has 26 heavy (non-hydrogen) atoms. The maximum Gasteiger partial charge on any atom is 0.256 e. The highest BCUT2D eigenvalue weighted by Crippen LogP contribution is 2.20. The Bertz CT molecular complexity index is 726. The van der Waals surface area contributed by atoms with Crippen LogP contribution in [0.15, 0.2) is 48.5 Å². The van der Waals surface area contributed by atoms with Crippen LogP contribution in [0.5, 0.6) is 5.75 Å². The summed E-state index contributed by atoms with van der Waals surface area (Å²) in [6.45, 7) is 3.62. The second-order valence-corrected chi connectivity index (χ2v) is 6.84. The van der Waals surface area contributed by atoms with Gasteiger partial charge >= 0.3 is 0 Å². The Morgan fingerprint density at radius 3 is 2.27 bits per heavy atom. The molecule has 0 unspecified atom stereocenters. The Labute approximate surface area is 158 Å². The highest BCUT2D eigenvalue weighted by Gasteiger charge is 2.27. The van der Waals surface area contributed by atoms with E-state index in [1.165, 1.54) is 5.56 Å². The van der Waals surface area contributed by atoms with Crippen LogP contribution in [-0.2, 0) is 11.3 Å². The van der Waals surface area contributed by atoms with Crippen LogP contribution in [0.1, 0.15) is 17.2 Å². The number of aliphatic hydroxyl groups is 1. The Morgan fingerprint density at radius 1 is 1.08 bits per heavy atom. The normalized spacial score (nSPS) is 16.3. The fourth-order valence-corrected chi connectivity index (χ4v) is 3.20. The third-order valence-corrected chi connectivity index (χ3v) is 4.92. The molecular formula is C20H23ClN2O3. The van der Waals surface area contributed by atoms with E-state index >= 15 is 0 Å². The minimum atomic E-state index is -1.14. The van der Waals surface area contributed by atoms with Gasteiger partial charge in [-0.15, -0.1) is 0 Å². The van der Waals surface area contributed by atoms with Crippen molar-refractivity contribution in [2.24, 2.45) is 0 Å². The minimum absolute atomic E-state index is 0.249. The lowest BCUT2D eigenvalue weighted by Gasteiger charge is -2.35. The standard InChI is InChI=1S/C20H23ClN2O3/c1-26-18-8-4-16(5-9-18)19(24)20(25)23-12-10-22(11-13-23)14-15-2-6-17(21)7-3-15/h2-9,19,24H,10-14H2,1H3/t19-/m1/s1. The minimum Gasteiger partial charge on any atom is -0.497 e. The Morgan fingerprint density at radius 2 is 1.69 bits per heavy atom.